The molecule has 0 spiro atoms. The number of nitrogens with zero attached hydrogens (tertiary/aromatic N) is 3. The van der Waals surface area contributed by atoms with Gasteiger partial charge in [0.2, 0.25) is 0 Å². The summed E-state index contributed by atoms with van der Waals surface area (Å²) in [4.78, 5) is 12.7. The molecule has 0 bridgehead atoms. The van der Waals surface area contributed by atoms with E-state index in [0.717, 1.165) is 23.6 Å². The van der Waals surface area contributed by atoms with Crippen molar-refractivity contribution in [2.24, 2.45) is 5.92 Å². The molecule has 0 radical (unpaired) electrons. The fourth-order valence-electron chi connectivity index (χ4n) is 3.34. The smallest absolute Gasteiger partial charge is 0.256 e. The Labute approximate surface area is 153 Å². The predicted molar refractivity (Wildman–Crippen MR) is 103 cm³/mol. The Morgan fingerprint density at radius 2 is 1.73 bits per heavy atom. The number of hydrogen-bond donors (Lipinski definition) is 1. The largest absolute Gasteiger partial charge is 0.319 e. The second kappa shape index (κ2) is 6.48. The molecule has 134 valence electrons. The minimum absolute atomic E-state index is 0.0989. The number of hydrogen-bond acceptors (Lipinski definition) is 2. The predicted octanol–water partition coefficient (Wildman–Crippen LogP) is 4.26. The minimum Gasteiger partial charge on any atom is -0.319 e. The first kappa shape index (κ1) is 16.6. The van der Waals surface area contributed by atoms with Crippen LogP contribution in [-0.4, -0.2) is 20.3 Å². The summed E-state index contributed by atoms with van der Waals surface area (Å²) >= 11 is 0. The summed E-state index contributed by atoms with van der Waals surface area (Å²) in [7, 11) is 0. The van der Waals surface area contributed by atoms with Gasteiger partial charge < -0.3 is 9.88 Å². The number of carbonyl (C=O) groups excluding carboxylic acids is 1. The van der Waals surface area contributed by atoms with E-state index < -0.39 is 0 Å². The van der Waals surface area contributed by atoms with Gasteiger partial charge in [-0.2, -0.15) is 5.10 Å². The van der Waals surface area contributed by atoms with Gasteiger partial charge in [0.05, 0.1) is 6.20 Å². The summed E-state index contributed by atoms with van der Waals surface area (Å²) < 4.78 is 4.10. The van der Waals surface area contributed by atoms with Crippen molar-refractivity contribution in [2.45, 2.75) is 40.2 Å². The van der Waals surface area contributed by atoms with Crippen LogP contribution in [0.5, 0.6) is 0 Å². The maximum atomic E-state index is 12.7. The lowest BCUT2D eigenvalue weighted by atomic mass is 10.2. The average Bonchev–Trinajstić information content (AvgIpc) is 3.31. The van der Waals surface area contributed by atoms with Gasteiger partial charge in [-0.15, -0.1) is 0 Å². The standard InChI is InChI=1S/C21H24N4O/c1-14-12-22-24(13-17-6-7-17)20(14)23-21(26)18-8-10-19(11-9-18)25-15(2)4-5-16(25)3/h4-5,8-12,17H,6-7,13H2,1-3H3,(H,23,26). The highest BCUT2D eigenvalue weighted by atomic mass is 16.1. The van der Waals surface area contributed by atoms with Crippen LogP contribution in [0.1, 0.15) is 40.2 Å². The van der Waals surface area contributed by atoms with Crippen molar-refractivity contribution in [3.05, 3.63) is 65.1 Å². The summed E-state index contributed by atoms with van der Waals surface area (Å²) in [6, 6.07) is 11.9. The Morgan fingerprint density at radius 3 is 2.35 bits per heavy atom. The summed E-state index contributed by atoms with van der Waals surface area (Å²) in [5, 5.41) is 7.45. The van der Waals surface area contributed by atoms with Gasteiger partial charge >= 0.3 is 0 Å². The third-order valence-electron chi connectivity index (χ3n) is 5.04. The normalized spacial score (nSPS) is 13.8. The number of nitrogens with one attached hydrogen (secondary N) is 1. The molecule has 1 aliphatic rings. The summed E-state index contributed by atoms with van der Waals surface area (Å²) in [5.41, 5.74) is 5.07. The van der Waals surface area contributed by atoms with E-state index >= 15 is 0 Å². The van der Waals surface area contributed by atoms with Gasteiger partial charge in [-0.05, 0) is 75.9 Å². The van der Waals surface area contributed by atoms with Crippen molar-refractivity contribution >= 4 is 11.7 Å². The molecule has 1 saturated carbocycles. The zero-order valence-electron chi connectivity index (χ0n) is 15.5. The molecule has 1 fully saturated rings. The van der Waals surface area contributed by atoms with Crippen LogP contribution in [0.4, 0.5) is 5.82 Å². The van der Waals surface area contributed by atoms with Crippen LogP contribution in [0.25, 0.3) is 5.69 Å². The van der Waals surface area contributed by atoms with E-state index in [1.807, 2.05) is 42.1 Å². The molecule has 0 aliphatic heterocycles. The highest BCUT2D eigenvalue weighted by Gasteiger charge is 2.24. The van der Waals surface area contributed by atoms with Gasteiger partial charge in [0, 0.05) is 34.7 Å². The zero-order valence-corrected chi connectivity index (χ0v) is 15.5. The number of carbonyl (C=O) groups is 1. The molecule has 0 saturated heterocycles. The Morgan fingerprint density at radius 1 is 1.08 bits per heavy atom. The Kier molecular flexibility index (Phi) is 4.15. The monoisotopic (exact) mass is 348 g/mol. The fraction of sp³-hybridized carbons (Fsp3) is 0.333. The molecule has 0 unspecified atom stereocenters. The summed E-state index contributed by atoms with van der Waals surface area (Å²) in [6.45, 7) is 7.02. The molecule has 4 rings (SSSR count). The van der Waals surface area contributed by atoms with Crippen LogP contribution in [0.3, 0.4) is 0 Å². The van der Waals surface area contributed by atoms with Gasteiger partial charge in [0.1, 0.15) is 5.82 Å². The van der Waals surface area contributed by atoms with Gasteiger partial charge in [0.25, 0.3) is 5.91 Å². The van der Waals surface area contributed by atoms with E-state index in [-0.39, 0.29) is 5.91 Å². The Bertz CT molecular complexity index is 926. The molecule has 1 aliphatic carbocycles. The lowest BCUT2D eigenvalue weighted by molar-refractivity contribution is 0.102. The summed E-state index contributed by atoms with van der Waals surface area (Å²) in [5.74, 6) is 1.42. The van der Waals surface area contributed by atoms with Crippen molar-refractivity contribution in [1.82, 2.24) is 14.3 Å². The summed E-state index contributed by atoms with van der Waals surface area (Å²) in [6.07, 6.45) is 4.33. The SMILES string of the molecule is Cc1cnn(CC2CC2)c1NC(=O)c1ccc(-n2c(C)ccc2C)cc1. The van der Waals surface area contributed by atoms with E-state index in [1.165, 1.54) is 24.2 Å². The molecule has 1 amide bonds. The number of amides is 1. The van der Waals surface area contributed by atoms with Crippen molar-refractivity contribution in [3.8, 4) is 5.69 Å². The fourth-order valence-corrected chi connectivity index (χ4v) is 3.34. The second-order valence-electron chi connectivity index (χ2n) is 7.25. The van der Waals surface area contributed by atoms with Crippen molar-refractivity contribution in [1.29, 1.82) is 0 Å². The maximum absolute atomic E-state index is 12.7. The lowest BCUT2D eigenvalue weighted by Crippen LogP contribution is -2.17. The van der Waals surface area contributed by atoms with Gasteiger partial charge in [-0.1, -0.05) is 0 Å². The molecular formula is C21H24N4O. The molecule has 3 aromatic rings. The third kappa shape index (κ3) is 3.17. The van der Waals surface area contributed by atoms with Crippen molar-refractivity contribution in [2.75, 3.05) is 5.32 Å². The molecule has 1 N–H and O–H groups in total. The van der Waals surface area contributed by atoms with Crippen molar-refractivity contribution < 1.29 is 4.79 Å². The van der Waals surface area contributed by atoms with Crippen LogP contribution >= 0.6 is 0 Å². The first-order valence-corrected chi connectivity index (χ1v) is 9.12. The van der Waals surface area contributed by atoms with E-state index in [1.54, 1.807) is 0 Å². The van der Waals surface area contributed by atoms with Crippen LogP contribution < -0.4 is 5.32 Å². The molecule has 26 heavy (non-hydrogen) atoms. The maximum Gasteiger partial charge on any atom is 0.256 e. The van der Waals surface area contributed by atoms with E-state index in [2.05, 4.69) is 41.0 Å². The average molecular weight is 348 g/mol. The van der Waals surface area contributed by atoms with Crippen molar-refractivity contribution in [3.63, 3.8) is 0 Å². The highest BCUT2D eigenvalue weighted by molar-refractivity contribution is 6.04. The molecule has 5 heteroatoms. The van der Waals surface area contributed by atoms with Crippen LogP contribution in [-0.2, 0) is 6.54 Å². The lowest BCUT2D eigenvalue weighted by Gasteiger charge is -2.12. The Balaban J connectivity index is 1.53. The van der Waals surface area contributed by atoms with E-state index in [9.17, 15) is 4.79 Å². The topological polar surface area (TPSA) is 51.9 Å². The quantitative estimate of drug-likeness (QED) is 0.749. The van der Waals surface area contributed by atoms with Crippen LogP contribution in [0.15, 0.2) is 42.6 Å². The van der Waals surface area contributed by atoms with Gasteiger partial charge in [-0.3, -0.25) is 4.79 Å². The number of benzene rings is 1. The molecule has 0 atom stereocenters. The third-order valence-corrected chi connectivity index (χ3v) is 5.04. The molecule has 2 heterocycles. The molecule has 2 aromatic heterocycles. The number of anilines is 1. The number of aromatic nitrogens is 3. The molecule has 5 nitrogen and oxygen atoms in total. The van der Waals surface area contributed by atoms with Gasteiger partial charge in [-0.25, -0.2) is 4.68 Å². The number of aryl methyl sites for hydroxylation is 3. The first-order valence-electron chi connectivity index (χ1n) is 9.12. The van der Waals surface area contributed by atoms with Gasteiger partial charge in [0.15, 0.2) is 0 Å². The number of rotatable bonds is 5. The first-order chi connectivity index (χ1) is 12.5. The zero-order chi connectivity index (χ0) is 18.3. The van der Waals surface area contributed by atoms with Crippen LogP contribution in [0.2, 0.25) is 0 Å². The highest BCUT2D eigenvalue weighted by Crippen LogP contribution is 2.32. The molecule has 1 aromatic carbocycles. The Hall–Kier alpha value is -2.82. The second-order valence-corrected chi connectivity index (χ2v) is 7.25. The molecular weight excluding hydrogens is 324 g/mol. The van der Waals surface area contributed by atoms with Crippen LogP contribution in [0, 0.1) is 26.7 Å². The van der Waals surface area contributed by atoms with E-state index in [0.29, 0.717) is 11.5 Å². The minimum atomic E-state index is -0.0989. The van der Waals surface area contributed by atoms with E-state index in [4.69, 9.17) is 0 Å².